The molecule has 0 aromatic carbocycles. The molecule has 0 aromatic heterocycles. The Bertz CT molecular complexity index is 364. The van der Waals surface area contributed by atoms with Crippen molar-refractivity contribution in [3.8, 4) is 0 Å². The summed E-state index contributed by atoms with van der Waals surface area (Å²) in [6.07, 6.45) is 7.49. The van der Waals surface area contributed by atoms with Crippen molar-refractivity contribution in [2.45, 2.75) is 113 Å². The van der Waals surface area contributed by atoms with Crippen molar-refractivity contribution in [2.24, 2.45) is 16.7 Å². The Morgan fingerprint density at radius 1 is 1.13 bits per heavy atom. The summed E-state index contributed by atoms with van der Waals surface area (Å²) in [5.74, 6) is 1.07. The fourth-order valence-corrected chi connectivity index (χ4v) is 3.57. The van der Waals surface area contributed by atoms with Gasteiger partial charge in [-0.05, 0) is 64.2 Å². The van der Waals surface area contributed by atoms with Crippen LogP contribution in [0.3, 0.4) is 0 Å². The van der Waals surface area contributed by atoms with E-state index in [-0.39, 0.29) is 24.4 Å². The van der Waals surface area contributed by atoms with E-state index in [1.807, 2.05) is 20.8 Å². The molecule has 1 saturated carbocycles. The fraction of sp³-hybridized carbons (Fsp3) is 0.952. The number of hydrogen-bond acceptors (Lipinski definition) is 2. The summed E-state index contributed by atoms with van der Waals surface area (Å²) in [4.78, 5) is 12.8. The van der Waals surface area contributed by atoms with E-state index < -0.39 is 0 Å². The van der Waals surface area contributed by atoms with Crippen molar-refractivity contribution in [2.75, 3.05) is 0 Å². The summed E-state index contributed by atoms with van der Waals surface area (Å²) in [6, 6.07) is -0.00372. The van der Waals surface area contributed by atoms with Crippen LogP contribution in [0.4, 0.5) is 0 Å². The molecule has 0 amide bonds. The number of hydrogen-bond donors (Lipinski definition) is 1. The highest BCUT2D eigenvalue weighted by atomic mass is 16.1. The predicted octanol–water partition coefficient (Wildman–Crippen LogP) is 5.99. The van der Waals surface area contributed by atoms with E-state index in [9.17, 15) is 4.79 Å². The average Bonchev–Trinajstić information content (AvgIpc) is 2.37. The lowest BCUT2D eigenvalue weighted by Crippen LogP contribution is -2.51. The maximum Gasteiger partial charge on any atom is 0.155 e. The molecule has 0 saturated heterocycles. The molecule has 1 atom stereocenters. The van der Waals surface area contributed by atoms with E-state index >= 15 is 0 Å². The third kappa shape index (κ3) is 7.37. The van der Waals surface area contributed by atoms with Crippen molar-refractivity contribution in [1.29, 1.82) is 0 Å². The van der Waals surface area contributed by atoms with Gasteiger partial charge in [0.2, 0.25) is 0 Å². The standard InChI is InChI=1S/C20H39NO.CH4/c1-9-20(8)12-10-15(11-13-20)14-16(21-19(5,6)7)17(22)18(2,3)4;/h15-16,21H,9-14H2,1-8H3;1H4. The highest BCUT2D eigenvalue weighted by Crippen LogP contribution is 2.42. The Labute approximate surface area is 146 Å². The molecule has 1 N–H and O–H groups in total. The van der Waals surface area contributed by atoms with Crippen molar-refractivity contribution in [1.82, 2.24) is 5.32 Å². The largest absolute Gasteiger partial charge is 0.303 e. The maximum absolute atomic E-state index is 12.8. The SMILES string of the molecule is C.CCC1(C)CCC(CC(NC(C)(C)C)C(=O)C(C)(C)C)CC1. The minimum atomic E-state index is -0.268. The van der Waals surface area contributed by atoms with Crippen LogP contribution in [0, 0.1) is 16.7 Å². The first-order valence-corrected chi connectivity index (χ1v) is 9.18. The van der Waals surface area contributed by atoms with Gasteiger partial charge in [-0.25, -0.2) is 0 Å². The lowest BCUT2D eigenvalue weighted by Gasteiger charge is -2.39. The normalized spacial score (nSPS) is 27.2. The molecular weight excluding hydrogens is 282 g/mol. The Morgan fingerprint density at radius 3 is 1.96 bits per heavy atom. The molecule has 23 heavy (non-hydrogen) atoms. The van der Waals surface area contributed by atoms with Gasteiger partial charge in [-0.3, -0.25) is 4.79 Å². The van der Waals surface area contributed by atoms with Crippen LogP contribution in [0.1, 0.15) is 101 Å². The number of ketones is 1. The molecule has 1 fully saturated rings. The van der Waals surface area contributed by atoms with Crippen LogP contribution >= 0.6 is 0 Å². The van der Waals surface area contributed by atoms with Gasteiger partial charge in [-0.1, -0.05) is 48.5 Å². The second kappa shape index (κ2) is 8.14. The van der Waals surface area contributed by atoms with E-state index in [1.54, 1.807) is 0 Å². The molecule has 0 bridgehead atoms. The van der Waals surface area contributed by atoms with Gasteiger partial charge in [0.05, 0.1) is 6.04 Å². The van der Waals surface area contributed by atoms with Gasteiger partial charge in [-0.2, -0.15) is 0 Å². The van der Waals surface area contributed by atoms with E-state index in [2.05, 4.69) is 39.9 Å². The smallest absolute Gasteiger partial charge is 0.155 e. The van der Waals surface area contributed by atoms with E-state index in [1.165, 1.54) is 32.1 Å². The zero-order valence-electron chi connectivity index (χ0n) is 16.3. The molecule has 0 aromatic rings. The maximum atomic E-state index is 12.8. The fourth-order valence-electron chi connectivity index (χ4n) is 3.57. The molecule has 0 aliphatic heterocycles. The summed E-state index contributed by atoms with van der Waals surface area (Å²) < 4.78 is 0. The molecule has 138 valence electrons. The van der Waals surface area contributed by atoms with Gasteiger partial charge in [-0.15, -0.1) is 0 Å². The van der Waals surface area contributed by atoms with Gasteiger partial charge in [0, 0.05) is 11.0 Å². The van der Waals surface area contributed by atoms with Crippen LogP contribution in [-0.4, -0.2) is 17.4 Å². The average molecular weight is 326 g/mol. The molecular formula is C21H43NO. The summed E-state index contributed by atoms with van der Waals surface area (Å²) >= 11 is 0. The third-order valence-electron chi connectivity index (χ3n) is 5.40. The number of Topliss-reactive ketones (excluding diaryl/α,β-unsaturated/α-hetero) is 1. The first-order valence-electron chi connectivity index (χ1n) is 9.18. The Balaban J connectivity index is 0.00000484. The van der Waals surface area contributed by atoms with Crippen LogP contribution in [0.5, 0.6) is 0 Å². The molecule has 0 heterocycles. The molecule has 2 heteroatoms. The molecule has 0 radical (unpaired) electrons. The summed E-state index contributed by atoms with van der Waals surface area (Å²) in [7, 11) is 0. The van der Waals surface area contributed by atoms with Crippen molar-refractivity contribution >= 4 is 5.78 Å². The second-order valence-electron chi connectivity index (χ2n) is 9.90. The minimum Gasteiger partial charge on any atom is -0.303 e. The second-order valence-corrected chi connectivity index (χ2v) is 9.90. The zero-order chi connectivity index (χ0) is 17.2. The van der Waals surface area contributed by atoms with E-state index in [4.69, 9.17) is 0 Å². The Morgan fingerprint density at radius 2 is 1.61 bits per heavy atom. The van der Waals surface area contributed by atoms with Gasteiger partial charge in [0.25, 0.3) is 0 Å². The lowest BCUT2D eigenvalue weighted by atomic mass is 9.68. The molecule has 2 nitrogen and oxygen atoms in total. The van der Waals surface area contributed by atoms with Crippen molar-refractivity contribution in [3.63, 3.8) is 0 Å². The number of carbonyl (C=O) groups excluding carboxylic acids is 1. The van der Waals surface area contributed by atoms with Gasteiger partial charge < -0.3 is 5.32 Å². The first kappa shape index (κ1) is 22.6. The highest BCUT2D eigenvalue weighted by Gasteiger charge is 2.36. The minimum absolute atomic E-state index is 0. The molecule has 1 aliphatic carbocycles. The highest BCUT2D eigenvalue weighted by molar-refractivity contribution is 5.88. The van der Waals surface area contributed by atoms with Crippen molar-refractivity contribution < 1.29 is 4.79 Å². The van der Waals surface area contributed by atoms with Crippen LogP contribution in [0.25, 0.3) is 0 Å². The van der Waals surface area contributed by atoms with Crippen molar-refractivity contribution in [3.05, 3.63) is 0 Å². The molecule has 1 rings (SSSR count). The number of nitrogens with one attached hydrogen (secondary N) is 1. The number of carbonyl (C=O) groups is 1. The molecule has 1 aliphatic rings. The Kier molecular flexibility index (Phi) is 8.01. The van der Waals surface area contributed by atoms with Gasteiger partial charge >= 0.3 is 0 Å². The third-order valence-corrected chi connectivity index (χ3v) is 5.40. The quantitative estimate of drug-likeness (QED) is 0.672. The molecule has 1 unspecified atom stereocenters. The van der Waals surface area contributed by atoms with E-state index in [0.29, 0.717) is 17.1 Å². The monoisotopic (exact) mass is 325 g/mol. The van der Waals surface area contributed by atoms with Crippen LogP contribution < -0.4 is 5.32 Å². The summed E-state index contributed by atoms with van der Waals surface area (Å²) in [5.41, 5.74) is 0.255. The summed E-state index contributed by atoms with van der Waals surface area (Å²) in [6.45, 7) is 17.3. The number of rotatable bonds is 5. The van der Waals surface area contributed by atoms with Crippen LogP contribution in [-0.2, 0) is 4.79 Å². The summed E-state index contributed by atoms with van der Waals surface area (Å²) in [5, 5.41) is 3.60. The van der Waals surface area contributed by atoms with Crippen LogP contribution in [0.2, 0.25) is 0 Å². The van der Waals surface area contributed by atoms with Gasteiger partial charge in [0.1, 0.15) is 0 Å². The lowest BCUT2D eigenvalue weighted by molar-refractivity contribution is -0.129. The predicted molar refractivity (Wildman–Crippen MR) is 103 cm³/mol. The van der Waals surface area contributed by atoms with Crippen LogP contribution in [0.15, 0.2) is 0 Å². The Hall–Kier alpha value is -0.370. The zero-order valence-corrected chi connectivity index (χ0v) is 16.3. The topological polar surface area (TPSA) is 29.1 Å². The van der Waals surface area contributed by atoms with E-state index in [0.717, 1.165) is 6.42 Å². The van der Waals surface area contributed by atoms with Gasteiger partial charge in [0.15, 0.2) is 5.78 Å². The first-order chi connectivity index (χ1) is 9.86. The molecule has 0 spiro atoms.